The summed E-state index contributed by atoms with van der Waals surface area (Å²) in [6.45, 7) is 2.97. The van der Waals surface area contributed by atoms with Gasteiger partial charge < -0.3 is 5.73 Å². The van der Waals surface area contributed by atoms with Gasteiger partial charge in [0.05, 0.1) is 4.90 Å². The predicted octanol–water partition coefficient (Wildman–Crippen LogP) is 1.58. The summed E-state index contributed by atoms with van der Waals surface area (Å²) in [5, 5.41) is 0. The smallest absolute Gasteiger partial charge is 0.243 e. The molecule has 0 unspecified atom stereocenters. The third-order valence-electron chi connectivity index (χ3n) is 2.59. The zero-order valence-electron chi connectivity index (χ0n) is 10.5. The highest BCUT2D eigenvalue weighted by Gasteiger charge is 2.23. The number of unbranched alkanes of at least 4 members (excludes halogenated alkanes) is 1. The van der Waals surface area contributed by atoms with E-state index < -0.39 is 15.8 Å². The van der Waals surface area contributed by atoms with Crippen molar-refractivity contribution in [3.8, 4) is 0 Å². The number of benzene rings is 1. The number of sulfonamides is 1. The van der Waals surface area contributed by atoms with Crippen LogP contribution in [-0.2, 0) is 10.0 Å². The second-order valence-electron chi connectivity index (χ2n) is 4.00. The highest BCUT2D eigenvalue weighted by atomic mass is 32.2. The van der Waals surface area contributed by atoms with Crippen molar-refractivity contribution in [2.24, 2.45) is 5.73 Å². The molecule has 4 nitrogen and oxygen atoms in total. The lowest BCUT2D eigenvalue weighted by molar-refractivity contribution is 0.410. The lowest BCUT2D eigenvalue weighted by Gasteiger charge is -2.21. The Bertz CT molecular complexity index is 459. The molecule has 1 rings (SSSR count). The molecule has 0 atom stereocenters. The molecule has 0 heterocycles. The minimum absolute atomic E-state index is 0.105. The Hall–Kier alpha value is -0.980. The van der Waals surface area contributed by atoms with Crippen LogP contribution in [-0.4, -0.2) is 32.4 Å². The van der Waals surface area contributed by atoms with Crippen molar-refractivity contribution in [2.75, 3.05) is 19.6 Å². The first kappa shape index (κ1) is 15.1. The molecule has 0 aliphatic rings. The summed E-state index contributed by atoms with van der Waals surface area (Å²) in [7, 11) is -3.57. The fraction of sp³-hybridized carbons (Fsp3) is 0.500. The second-order valence-corrected chi connectivity index (χ2v) is 5.94. The topological polar surface area (TPSA) is 63.4 Å². The number of rotatable bonds is 7. The monoisotopic (exact) mass is 274 g/mol. The average Bonchev–Trinajstić information content (AvgIpc) is 2.35. The van der Waals surface area contributed by atoms with E-state index in [2.05, 4.69) is 0 Å². The largest absolute Gasteiger partial charge is 0.329 e. The summed E-state index contributed by atoms with van der Waals surface area (Å²) >= 11 is 0. The van der Waals surface area contributed by atoms with Crippen molar-refractivity contribution in [2.45, 2.75) is 24.7 Å². The van der Waals surface area contributed by atoms with Crippen LogP contribution in [0.25, 0.3) is 0 Å². The Labute approximate surface area is 108 Å². The van der Waals surface area contributed by atoms with Gasteiger partial charge in [0.25, 0.3) is 0 Å². The van der Waals surface area contributed by atoms with Crippen LogP contribution >= 0.6 is 0 Å². The maximum absolute atomic E-state index is 12.8. The molecule has 0 saturated heterocycles. The van der Waals surface area contributed by atoms with Gasteiger partial charge in [0.2, 0.25) is 10.0 Å². The van der Waals surface area contributed by atoms with Crippen LogP contribution < -0.4 is 5.73 Å². The third-order valence-corrected chi connectivity index (χ3v) is 4.50. The second kappa shape index (κ2) is 6.82. The first-order valence-corrected chi connectivity index (χ1v) is 7.42. The average molecular weight is 274 g/mol. The first-order chi connectivity index (χ1) is 8.52. The molecule has 0 bridgehead atoms. The van der Waals surface area contributed by atoms with E-state index in [-0.39, 0.29) is 18.0 Å². The Morgan fingerprint density at radius 3 is 2.33 bits per heavy atom. The maximum Gasteiger partial charge on any atom is 0.243 e. The summed E-state index contributed by atoms with van der Waals surface area (Å²) in [5.41, 5.74) is 5.43. The van der Waals surface area contributed by atoms with E-state index in [0.717, 1.165) is 25.0 Å². The van der Waals surface area contributed by atoms with E-state index >= 15 is 0 Å². The lowest BCUT2D eigenvalue weighted by Crippen LogP contribution is -2.36. The van der Waals surface area contributed by atoms with Gasteiger partial charge in [-0.3, -0.25) is 0 Å². The van der Waals surface area contributed by atoms with E-state index in [4.69, 9.17) is 5.73 Å². The van der Waals surface area contributed by atoms with Gasteiger partial charge in [-0.15, -0.1) is 0 Å². The van der Waals surface area contributed by atoms with Gasteiger partial charge in [0.1, 0.15) is 5.82 Å². The summed E-state index contributed by atoms with van der Waals surface area (Å²) in [5.74, 6) is -0.451. The Balaban J connectivity index is 2.96. The van der Waals surface area contributed by atoms with Crippen LogP contribution in [0.15, 0.2) is 29.2 Å². The maximum atomic E-state index is 12.8. The summed E-state index contributed by atoms with van der Waals surface area (Å²) < 4.78 is 38.7. The van der Waals surface area contributed by atoms with Crippen molar-refractivity contribution in [1.82, 2.24) is 4.31 Å². The number of hydrogen-bond donors (Lipinski definition) is 1. The molecule has 1 aromatic rings. The molecule has 0 aromatic heterocycles. The predicted molar refractivity (Wildman–Crippen MR) is 69.1 cm³/mol. The Morgan fingerprint density at radius 2 is 1.83 bits per heavy atom. The molecular weight excluding hydrogens is 255 g/mol. The van der Waals surface area contributed by atoms with Crippen LogP contribution in [0.4, 0.5) is 4.39 Å². The number of nitrogens with zero attached hydrogens (tertiary/aromatic N) is 1. The number of halogens is 1. The lowest BCUT2D eigenvalue weighted by atomic mass is 10.3. The Kier molecular flexibility index (Phi) is 5.71. The SMILES string of the molecule is CCCCN(CCN)S(=O)(=O)c1ccc(F)cc1. The van der Waals surface area contributed by atoms with Crippen molar-refractivity contribution >= 4 is 10.0 Å². The Morgan fingerprint density at radius 1 is 1.22 bits per heavy atom. The molecular formula is C12H19FN2O2S. The summed E-state index contributed by atoms with van der Waals surface area (Å²) in [6.07, 6.45) is 1.68. The van der Waals surface area contributed by atoms with Crippen molar-refractivity contribution in [3.63, 3.8) is 0 Å². The number of nitrogens with two attached hydrogens (primary N) is 1. The molecule has 102 valence electrons. The minimum atomic E-state index is -3.57. The van der Waals surface area contributed by atoms with Gasteiger partial charge in [-0.1, -0.05) is 13.3 Å². The van der Waals surface area contributed by atoms with Crippen LogP contribution in [0, 0.1) is 5.82 Å². The van der Waals surface area contributed by atoms with Crippen LogP contribution in [0.3, 0.4) is 0 Å². The molecule has 0 aliphatic heterocycles. The van der Waals surface area contributed by atoms with E-state index in [1.165, 1.54) is 16.4 Å². The molecule has 1 aromatic carbocycles. The molecule has 0 amide bonds. The van der Waals surface area contributed by atoms with Crippen LogP contribution in [0.5, 0.6) is 0 Å². The zero-order valence-corrected chi connectivity index (χ0v) is 11.3. The van der Waals surface area contributed by atoms with Crippen molar-refractivity contribution < 1.29 is 12.8 Å². The normalized spacial score (nSPS) is 12.0. The molecule has 6 heteroatoms. The van der Waals surface area contributed by atoms with Crippen LogP contribution in [0.1, 0.15) is 19.8 Å². The van der Waals surface area contributed by atoms with E-state index in [9.17, 15) is 12.8 Å². The molecule has 0 spiro atoms. The van der Waals surface area contributed by atoms with Gasteiger partial charge in [-0.05, 0) is 30.7 Å². The van der Waals surface area contributed by atoms with E-state index in [1.54, 1.807) is 0 Å². The molecule has 18 heavy (non-hydrogen) atoms. The van der Waals surface area contributed by atoms with Gasteiger partial charge >= 0.3 is 0 Å². The highest BCUT2D eigenvalue weighted by Crippen LogP contribution is 2.16. The number of hydrogen-bond acceptors (Lipinski definition) is 3. The fourth-order valence-corrected chi connectivity index (χ4v) is 3.08. The van der Waals surface area contributed by atoms with Gasteiger partial charge in [0.15, 0.2) is 0 Å². The molecule has 0 fully saturated rings. The van der Waals surface area contributed by atoms with Crippen molar-refractivity contribution in [1.29, 1.82) is 0 Å². The van der Waals surface area contributed by atoms with Gasteiger partial charge in [-0.2, -0.15) is 4.31 Å². The zero-order chi connectivity index (χ0) is 13.6. The molecule has 0 aliphatic carbocycles. The van der Waals surface area contributed by atoms with Crippen molar-refractivity contribution in [3.05, 3.63) is 30.1 Å². The van der Waals surface area contributed by atoms with Gasteiger partial charge in [-0.25, -0.2) is 12.8 Å². The fourth-order valence-electron chi connectivity index (χ4n) is 1.59. The first-order valence-electron chi connectivity index (χ1n) is 5.98. The molecule has 0 saturated carbocycles. The third kappa shape index (κ3) is 3.76. The van der Waals surface area contributed by atoms with Gasteiger partial charge in [0, 0.05) is 19.6 Å². The minimum Gasteiger partial charge on any atom is -0.329 e. The standard InChI is InChI=1S/C12H19FN2O2S/c1-2-3-9-15(10-8-14)18(16,17)12-6-4-11(13)5-7-12/h4-7H,2-3,8-10,14H2,1H3. The molecule has 0 radical (unpaired) electrons. The van der Waals surface area contributed by atoms with Crippen LogP contribution in [0.2, 0.25) is 0 Å². The highest BCUT2D eigenvalue weighted by molar-refractivity contribution is 7.89. The summed E-state index contributed by atoms with van der Waals surface area (Å²) in [6, 6.07) is 4.85. The van der Waals surface area contributed by atoms with E-state index in [1.807, 2.05) is 6.92 Å². The quantitative estimate of drug-likeness (QED) is 0.821. The summed E-state index contributed by atoms with van der Waals surface area (Å²) in [4.78, 5) is 0.105. The van der Waals surface area contributed by atoms with E-state index in [0.29, 0.717) is 6.54 Å². The molecule has 2 N–H and O–H groups in total.